The summed E-state index contributed by atoms with van der Waals surface area (Å²) in [5.41, 5.74) is 3.62. The summed E-state index contributed by atoms with van der Waals surface area (Å²) in [6.45, 7) is 5.60. The highest BCUT2D eigenvalue weighted by Crippen LogP contribution is 2.19. The lowest BCUT2D eigenvalue weighted by atomic mass is 10.2. The second-order valence-corrected chi connectivity index (χ2v) is 6.08. The van der Waals surface area contributed by atoms with Crippen molar-refractivity contribution in [2.24, 2.45) is 0 Å². The molecule has 6 nitrogen and oxygen atoms in total. The van der Waals surface area contributed by atoms with Crippen LogP contribution in [0.5, 0.6) is 0 Å². The molecular formula is C17H25N3O3. The highest BCUT2D eigenvalue weighted by atomic mass is 16.7. The van der Waals surface area contributed by atoms with E-state index in [1.165, 1.54) is 0 Å². The second-order valence-electron chi connectivity index (χ2n) is 6.08. The number of amides is 2. The van der Waals surface area contributed by atoms with E-state index in [0.29, 0.717) is 6.61 Å². The number of nitrogens with zero attached hydrogens (tertiary/aromatic N) is 2. The highest BCUT2D eigenvalue weighted by Gasteiger charge is 2.30. The minimum absolute atomic E-state index is 0.128. The van der Waals surface area contributed by atoms with Crippen molar-refractivity contribution in [2.75, 3.05) is 39.4 Å². The number of nitrogens with one attached hydrogen (secondary N) is 1. The summed E-state index contributed by atoms with van der Waals surface area (Å²) in [5.74, 6) is 0. The van der Waals surface area contributed by atoms with Gasteiger partial charge in [0.1, 0.15) is 0 Å². The van der Waals surface area contributed by atoms with Crippen LogP contribution in [0.25, 0.3) is 0 Å². The van der Waals surface area contributed by atoms with Gasteiger partial charge in [0, 0.05) is 32.2 Å². The molecule has 2 aliphatic rings. The van der Waals surface area contributed by atoms with Crippen LogP contribution in [0.1, 0.15) is 18.4 Å². The molecule has 1 N–H and O–H groups in total. The van der Waals surface area contributed by atoms with Crippen LogP contribution in [0.4, 0.5) is 4.79 Å². The first kappa shape index (κ1) is 16.2. The summed E-state index contributed by atoms with van der Waals surface area (Å²) >= 11 is 0. The molecule has 126 valence electrons. The Morgan fingerprint density at radius 3 is 2.78 bits per heavy atom. The zero-order valence-corrected chi connectivity index (χ0v) is 13.4. The highest BCUT2D eigenvalue weighted by molar-refractivity contribution is 5.73. The minimum Gasteiger partial charge on any atom is -0.379 e. The number of urea groups is 1. The number of benzene rings is 1. The van der Waals surface area contributed by atoms with E-state index < -0.39 is 0 Å². The van der Waals surface area contributed by atoms with Crippen LogP contribution in [0.3, 0.4) is 0 Å². The van der Waals surface area contributed by atoms with Crippen molar-refractivity contribution in [1.29, 1.82) is 0 Å². The van der Waals surface area contributed by atoms with Gasteiger partial charge in [-0.25, -0.2) is 10.3 Å². The molecule has 0 aromatic heterocycles. The molecule has 3 rings (SSSR count). The van der Waals surface area contributed by atoms with Crippen LogP contribution in [0, 0.1) is 0 Å². The van der Waals surface area contributed by atoms with Crippen molar-refractivity contribution in [3.8, 4) is 0 Å². The van der Waals surface area contributed by atoms with Gasteiger partial charge in [-0.3, -0.25) is 9.74 Å². The van der Waals surface area contributed by atoms with Crippen LogP contribution < -0.4 is 5.48 Å². The predicted octanol–water partition coefficient (Wildman–Crippen LogP) is 1.62. The van der Waals surface area contributed by atoms with Gasteiger partial charge in [-0.05, 0) is 18.4 Å². The zero-order chi connectivity index (χ0) is 15.9. The Balaban J connectivity index is 1.43. The van der Waals surface area contributed by atoms with Crippen molar-refractivity contribution in [3.63, 3.8) is 0 Å². The standard InChI is InChI=1S/C17H25N3O3/c21-17(18-23-14-15-5-2-1-3-6-15)20-8-4-7-16(20)13-19-9-11-22-12-10-19/h1-3,5-6,16H,4,7-14H2,(H,18,21). The average Bonchev–Trinajstić information content (AvgIpc) is 3.05. The first-order valence-electron chi connectivity index (χ1n) is 8.35. The van der Waals surface area contributed by atoms with Crippen molar-refractivity contribution in [1.82, 2.24) is 15.3 Å². The third-order valence-electron chi connectivity index (χ3n) is 4.45. The lowest BCUT2D eigenvalue weighted by Crippen LogP contribution is -2.49. The molecule has 0 saturated carbocycles. The molecule has 1 atom stereocenters. The fourth-order valence-electron chi connectivity index (χ4n) is 3.19. The Kier molecular flexibility index (Phi) is 5.85. The van der Waals surface area contributed by atoms with Gasteiger partial charge >= 0.3 is 6.03 Å². The van der Waals surface area contributed by atoms with Crippen molar-refractivity contribution in [3.05, 3.63) is 35.9 Å². The molecule has 0 radical (unpaired) electrons. The molecule has 2 aliphatic heterocycles. The first-order valence-corrected chi connectivity index (χ1v) is 8.35. The molecular weight excluding hydrogens is 294 g/mol. The third kappa shape index (κ3) is 4.67. The zero-order valence-electron chi connectivity index (χ0n) is 13.4. The van der Waals surface area contributed by atoms with Gasteiger partial charge in [0.05, 0.1) is 19.8 Å². The summed E-state index contributed by atoms with van der Waals surface area (Å²) in [7, 11) is 0. The first-order chi connectivity index (χ1) is 11.3. The average molecular weight is 319 g/mol. The number of carbonyl (C=O) groups excluding carboxylic acids is 1. The number of hydrogen-bond acceptors (Lipinski definition) is 4. The molecule has 2 fully saturated rings. The Bertz CT molecular complexity index is 491. The maximum absolute atomic E-state index is 12.3. The fourth-order valence-corrected chi connectivity index (χ4v) is 3.19. The predicted molar refractivity (Wildman–Crippen MR) is 86.7 cm³/mol. The Morgan fingerprint density at radius 1 is 1.22 bits per heavy atom. The quantitative estimate of drug-likeness (QED) is 0.838. The molecule has 0 bridgehead atoms. The van der Waals surface area contributed by atoms with E-state index in [-0.39, 0.29) is 12.1 Å². The van der Waals surface area contributed by atoms with Crippen LogP contribution >= 0.6 is 0 Å². The van der Waals surface area contributed by atoms with Gasteiger partial charge in [0.25, 0.3) is 0 Å². The summed E-state index contributed by atoms with van der Waals surface area (Å²) < 4.78 is 5.38. The molecule has 6 heteroatoms. The summed E-state index contributed by atoms with van der Waals surface area (Å²) in [6.07, 6.45) is 2.12. The number of hydroxylamine groups is 1. The fraction of sp³-hybridized carbons (Fsp3) is 0.588. The largest absolute Gasteiger partial charge is 0.379 e. The number of ether oxygens (including phenoxy) is 1. The number of carbonyl (C=O) groups is 1. The van der Waals surface area contributed by atoms with Gasteiger partial charge < -0.3 is 9.64 Å². The van der Waals surface area contributed by atoms with E-state index in [9.17, 15) is 4.79 Å². The van der Waals surface area contributed by atoms with Crippen molar-refractivity contribution >= 4 is 6.03 Å². The van der Waals surface area contributed by atoms with E-state index in [1.807, 2.05) is 35.2 Å². The van der Waals surface area contributed by atoms with E-state index in [1.54, 1.807) is 0 Å². The summed E-state index contributed by atoms with van der Waals surface area (Å²) in [4.78, 5) is 22.0. The molecule has 0 spiro atoms. The second kappa shape index (κ2) is 8.29. The number of morpholine rings is 1. The topological polar surface area (TPSA) is 54.0 Å². The summed E-state index contributed by atoms with van der Waals surface area (Å²) in [5, 5.41) is 0. The third-order valence-corrected chi connectivity index (χ3v) is 4.45. The smallest absolute Gasteiger partial charge is 0.341 e. The van der Waals surface area contributed by atoms with Crippen LogP contribution in [-0.2, 0) is 16.2 Å². The molecule has 1 aromatic carbocycles. The molecule has 0 aliphatic carbocycles. The number of likely N-dealkylation sites (tertiary alicyclic amines) is 1. The summed E-state index contributed by atoms with van der Waals surface area (Å²) in [6, 6.07) is 9.97. The SMILES string of the molecule is O=C(NOCc1ccccc1)N1CCCC1CN1CCOCC1. The normalized spacial score (nSPS) is 22.3. The Morgan fingerprint density at radius 2 is 2.00 bits per heavy atom. The van der Waals surface area contributed by atoms with Gasteiger partial charge in [0.15, 0.2) is 0 Å². The molecule has 2 heterocycles. The lowest BCUT2D eigenvalue weighted by molar-refractivity contribution is 0.0193. The van der Waals surface area contributed by atoms with Gasteiger partial charge in [-0.15, -0.1) is 0 Å². The van der Waals surface area contributed by atoms with Crippen molar-refractivity contribution < 1.29 is 14.4 Å². The number of rotatable bonds is 5. The van der Waals surface area contributed by atoms with Crippen LogP contribution in [0.2, 0.25) is 0 Å². The molecule has 2 saturated heterocycles. The van der Waals surface area contributed by atoms with E-state index in [0.717, 1.165) is 57.8 Å². The maximum Gasteiger partial charge on any atom is 0.341 e. The number of hydrogen-bond donors (Lipinski definition) is 1. The van der Waals surface area contributed by atoms with Crippen molar-refractivity contribution in [2.45, 2.75) is 25.5 Å². The monoisotopic (exact) mass is 319 g/mol. The Hall–Kier alpha value is -1.63. The molecule has 23 heavy (non-hydrogen) atoms. The lowest BCUT2D eigenvalue weighted by Gasteiger charge is -2.32. The van der Waals surface area contributed by atoms with E-state index in [4.69, 9.17) is 9.57 Å². The van der Waals surface area contributed by atoms with Crippen LogP contribution in [0.15, 0.2) is 30.3 Å². The van der Waals surface area contributed by atoms with Gasteiger partial charge in [-0.2, -0.15) is 0 Å². The van der Waals surface area contributed by atoms with E-state index in [2.05, 4.69) is 10.4 Å². The minimum atomic E-state index is -0.128. The Labute approximate surface area is 137 Å². The molecule has 1 aromatic rings. The van der Waals surface area contributed by atoms with Gasteiger partial charge in [0.2, 0.25) is 0 Å². The van der Waals surface area contributed by atoms with Gasteiger partial charge in [-0.1, -0.05) is 30.3 Å². The molecule has 2 amide bonds. The van der Waals surface area contributed by atoms with E-state index >= 15 is 0 Å². The van der Waals surface area contributed by atoms with Crippen LogP contribution in [-0.4, -0.2) is 61.3 Å². The molecule has 1 unspecified atom stereocenters. The maximum atomic E-state index is 12.3.